The van der Waals surface area contributed by atoms with Gasteiger partial charge in [0.2, 0.25) is 0 Å². The van der Waals surface area contributed by atoms with Gasteiger partial charge in [-0.3, -0.25) is 4.57 Å². The van der Waals surface area contributed by atoms with Crippen molar-refractivity contribution in [3.63, 3.8) is 0 Å². The van der Waals surface area contributed by atoms with E-state index in [1.165, 1.54) is 0 Å². The summed E-state index contributed by atoms with van der Waals surface area (Å²) in [7, 11) is 0. The van der Waals surface area contributed by atoms with E-state index in [9.17, 15) is 0 Å². The van der Waals surface area contributed by atoms with Gasteiger partial charge in [0.15, 0.2) is 5.82 Å². The molecule has 0 unspecified atom stereocenters. The summed E-state index contributed by atoms with van der Waals surface area (Å²) >= 11 is 12.1. The number of aromatic nitrogens is 3. The van der Waals surface area contributed by atoms with E-state index in [0.717, 1.165) is 30.8 Å². The van der Waals surface area contributed by atoms with Gasteiger partial charge in [-0.15, -0.1) is 33.4 Å². The molecule has 1 N–H and O–H groups in total. The summed E-state index contributed by atoms with van der Waals surface area (Å²) in [6.45, 7) is 2.86. The van der Waals surface area contributed by atoms with Crippen LogP contribution in [0.5, 0.6) is 0 Å². The van der Waals surface area contributed by atoms with Crippen molar-refractivity contribution in [2.75, 3.05) is 0 Å². The number of nitrogens with one attached hydrogen (secondary N) is 1. The van der Waals surface area contributed by atoms with Gasteiger partial charge in [-0.05, 0) is 44.2 Å². The van der Waals surface area contributed by atoms with E-state index in [-0.39, 0.29) is 0 Å². The fourth-order valence-electron chi connectivity index (χ4n) is 2.59. The van der Waals surface area contributed by atoms with E-state index < -0.39 is 4.33 Å². The predicted molar refractivity (Wildman–Crippen MR) is 89.4 cm³/mol. The maximum Gasteiger partial charge on any atom is 0.151 e. The normalized spacial score (nSPS) is 20.8. The summed E-state index contributed by atoms with van der Waals surface area (Å²) in [5, 5.41) is 11.7. The average molecular weight is 339 g/mol. The third-order valence-electron chi connectivity index (χ3n) is 4.17. The van der Waals surface area contributed by atoms with Gasteiger partial charge < -0.3 is 5.32 Å². The highest BCUT2D eigenvalue weighted by Crippen LogP contribution is 2.55. The van der Waals surface area contributed by atoms with E-state index in [4.69, 9.17) is 23.2 Å². The van der Waals surface area contributed by atoms with Crippen LogP contribution >= 0.6 is 23.2 Å². The molecule has 1 heterocycles. The summed E-state index contributed by atoms with van der Waals surface area (Å²) < 4.78 is 1.54. The number of halogens is 2. The number of alkyl halides is 2. The highest BCUT2D eigenvalue weighted by molar-refractivity contribution is 6.50. The van der Waals surface area contributed by atoms with E-state index in [1.54, 1.807) is 6.33 Å². The maximum absolute atomic E-state index is 6.06. The third-order valence-corrected chi connectivity index (χ3v) is 5.09. The minimum absolute atomic E-state index is 0.394. The van der Waals surface area contributed by atoms with Crippen LogP contribution in [0.15, 0.2) is 36.7 Å². The zero-order chi connectivity index (χ0) is 15.6. The van der Waals surface area contributed by atoms with Crippen LogP contribution in [0.1, 0.15) is 32.0 Å². The second-order valence-electron chi connectivity index (χ2n) is 5.97. The molecule has 1 aliphatic rings. The molecule has 0 amide bonds. The summed E-state index contributed by atoms with van der Waals surface area (Å²) in [6.07, 6.45) is 4.79. The van der Waals surface area contributed by atoms with Crippen molar-refractivity contribution in [2.45, 2.75) is 43.1 Å². The summed E-state index contributed by atoms with van der Waals surface area (Å²) in [4.78, 5) is 0. The van der Waals surface area contributed by atoms with Gasteiger partial charge in [-0.25, -0.2) is 0 Å². The number of nitrogens with zero attached hydrogens (tertiary/aromatic N) is 3. The Morgan fingerprint density at radius 3 is 2.77 bits per heavy atom. The Morgan fingerprint density at radius 1 is 1.36 bits per heavy atom. The van der Waals surface area contributed by atoms with Crippen LogP contribution in [0.3, 0.4) is 0 Å². The third kappa shape index (κ3) is 3.80. The van der Waals surface area contributed by atoms with Crippen molar-refractivity contribution in [1.82, 2.24) is 20.1 Å². The van der Waals surface area contributed by atoms with Crippen molar-refractivity contribution in [3.8, 4) is 5.69 Å². The molecule has 1 aliphatic carbocycles. The molecule has 2 aromatic rings. The standard InChI is InChI=1S/C16H20Cl2N4/c1-12(7-8-13-9-16(13,17)18)19-10-15-21-20-11-22(15)14-5-3-2-4-6-14/h2-6,11-13,19H,7-10H2,1H3/t12-,13+/m0/s1. The lowest BCUT2D eigenvalue weighted by Crippen LogP contribution is -2.27. The molecular formula is C16H20Cl2N4. The average Bonchev–Trinajstić information content (AvgIpc) is 2.92. The molecule has 118 valence electrons. The van der Waals surface area contributed by atoms with Crippen molar-refractivity contribution in [1.29, 1.82) is 0 Å². The van der Waals surface area contributed by atoms with Gasteiger partial charge in [-0.2, -0.15) is 0 Å². The number of benzene rings is 1. The Balaban J connectivity index is 1.51. The van der Waals surface area contributed by atoms with Gasteiger partial charge in [0, 0.05) is 11.7 Å². The molecule has 0 bridgehead atoms. The topological polar surface area (TPSA) is 42.7 Å². The van der Waals surface area contributed by atoms with Gasteiger partial charge in [0.1, 0.15) is 10.7 Å². The minimum atomic E-state index is -0.465. The largest absolute Gasteiger partial charge is 0.307 e. The Morgan fingerprint density at radius 2 is 2.09 bits per heavy atom. The Bertz CT molecular complexity index is 612. The van der Waals surface area contributed by atoms with Gasteiger partial charge in [0.05, 0.1) is 6.54 Å². The fraction of sp³-hybridized carbons (Fsp3) is 0.500. The molecule has 0 spiro atoms. The molecule has 1 aromatic carbocycles. The fourth-order valence-corrected chi connectivity index (χ4v) is 3.18. The molecule has 2 atom stereocenters. The van der Waals surface area contributed by atoms with E-state index in [2.05, 4.69) is 22.4 Å². The molecule has 1 saturated carbocycles. The Labute approximate surface area is 140 Å². The van der Waals surface area contributed by atoms with E-state index in [1.807, 2.05) is 34.9 Å². The molecule has 1 aromatic heterocycles. The van der Waals surface area contributed by atoms with E-state index in [0.29, 0.717) is 18.5 Å². The van der Waals surface area contributed by atoms with Crippen LogP contribution in [0.4, 0.5) is 0 Å². The first-order valence-corrected chi connectivity index (χ1v) is 8.37. The highest BCUT2D eigenvalue weighted by Gasteiger charge is 2.50. The highest BCUT2D eigenvalue weighted by atomic mass is 35.5. The zero-order valence-corrected chi connectivity index (χ0v) is 14.1. The van der Waals surface area contributed by atoms with Crippen molar-refractivity contribution in [3.05, 3.63) is 42.5 Å². The van der Waals surface area contributed by atoms with Gasteiger partial charge >= 0.3 is 0 Å². The minimum Gasteiger partial charge on any atom is -0.307 e. The first kappa shape index (κ1) is 15.8. The molecule has 0 saturated heterocycles. The molecule has 0 aliphatic heterocycles. The second-order valence-corrected chi connectivity index (χ2v) is 7.52. The van der Waals surface area contributed by atoms with Crippen LogP contribution in [0.25, 0.3) is 5.69 Å². The van der Waals surface area contributed by atoms with Crippen LogP contribution in [-0.4, -0.2) is 25.1 Å². The van der Waals surface area contributed by atoms with Gasteiger partial charge in [-0.1, -0.05) is 18.2 Å². The number of hydrogen-bond donors (Lipinski definition) is 1. The maximum atomic E-state index is 6.06. The second kappa shape index (κ2) is 6.57. The lowest BCUT2D eigenvalue weighted by molar-refractivity contribution is 0.473. The first-order chi connectivity index (χ1) is 10.6. The lowest BCUT2D eigenvalue weighted by Gasteiger charge is -2.14. The first-order valence-electron chi connectivity index (χ1n) is 7.62. The van der Waals surface area contributed by atoms with E-state index >= 15 is 0 Å². The van der Waals surface area contributed by atoms with Gasteiger partial charge in [0.25, 0.3) is 0 Å². The van der Waals surface area contributed by atoms with Crippen molar-refractivity contribution < 1.29 is 0 Å². The Hall–Kier alpha value is -1.10. The van der Waals surface area contributed by atoms with Crippen LogP contribution in [-0.2, 0) is 6.54 Å². The molecular weight excluding hydrogens is 319 g/mol. The lowest BCUT2D eigenvalue weighted by atomic mass is 10.1. The summed E-state index contributed by atoms with van der Waals surface area (Å²) in [5.41, 5.74) is 1.07. The molecule has 0 radical (unpaired) electrons. The quantitative estimate of drug-likeness (QED) is 0.782. The zero-order valence-electron chi connectivity index (χ0n) is 12.5. The molecule has 4 nitrogen and oxygen atoms in total. The number of para-hydroxylation sites is 1. The number of hydrogen-bond acceptors (Lipinski definition) is 3. The Kier molecular flexibility index (Phi) is 4.71. The van der Waals surface area contributed by atoms with Crippen molar-refractivity contribution in [2.24, 2.45) is 5.92 Å². The predicted octanol–water partition coefficient (Wildman–Crippen LogP) is 3.72. The summed E-state index contributed by atoms with van der Waals surface area (Å²) in [6, 6.07) is 10.5. The van der Waals surface area contributed by atoms with Crippen molar-refractivity contribution >= 4 is 23.2 Å². The monoisotopic (exact) mass is 338 g/mol. The van der Waals surface area contributed by atoms with Crippen LogP contribution in [0, 0.1) is 5.92 Å². The van der Waals surface area contributed by atoms with Crippen LogP contribution < -0.4 is 5.32 Å². The molecule has 6 heteroatoms. The molecule has 22 heavy (non-hydrogen) atoms. The summed E-state index contributed by atoms with van der Waals surface area (Å²) in [5.74, 6) is 1.36. The molecule has 1 fully saturated rings. The number of rotatable bonds is 7. The SMILES string of the molecule is C[C@@H](CC[C@@H]1CC1(Cl)Cl)NCc1nncn1-c1ccccc1. The smallest absolute Gasteiger partial charge is 0.151 e. The molecule has 3 rings (SSSR count). The van der Waals surface area contributed by atoms with Crippen LogP contribution in [0.2, 0.25) is 0 Å².